The molecule has 8 heteroatoms. The second-order valence-corrected chi connectivity index (χ2v) is 8.85. The third-order valence-electron chi connectivity index (χ3n) is 6.26. The minimum atomic E-state index is -0.0356. The Morgan fingerprint density at radius 3 is 2.70 bits per heavy atom. The molecule has 5 rings (SSSR count). The van der Waals surface area contributed by atoms with E-state index >= 15 is 0 Å². The number of aromatic nitrogens is 3. The topological polar surface area (TPSA) is 70.9 Å². The smallest absolute Gasteiger partial charge is 0.320 e. The van der Waals surface area contributed by atoms with Crippen LogP contribution in [0.25, 0.3) is 5.69 Å². The van der Waals surface area contributed by atoms with Crippen LogP contribution >= 0.6 is 11.6 Å². The number of quaternary nitrogens is 1. The second kappa shape index (κ2) is 5.94. The van der Waals surface area contributed by atoms with Gasteiger partial charge in [-0.25, -0.2) is 4.79 Å². The Kier molecular flexibility index (Phi) is 3.74. The Bertz CT molecular complexity index is 911. The fourth-order valence-electron chi connectivity index (χ4n) is 4.76. The zero-order valence-electron chi connectivity index (χ0n) is 15.7. The quantitative estimate of drug-likeness (QED) is 0.803. The van der Waals surface area contributed by atoms with Gasteiger partial charge in [0.1, 0.15) is 5.82 Å². The van der Waals surface area contributed by atoms with Crippen LogP contribution in [0.2, 0.25) is 5.02 Å². The van der Waals surface area contributed by atoms with Crippen molar-refractivity contribution in [1.29, 1.82) is 0 Å². The van der Waals surface area contributed by atoms with E-state index < -0.39 is 0 Å². The molecule has 27 heavy (non-hydrogen) atoms. The highest BCUT2D eigenvalue weighted by atomic mass is 35.5. The van der Waals surface area contributed by atoms with Gasteiger partial charge in [0, 0.05) is 25.0 Å². The molecular formula is C19H24ClN6O+. The Morgan fingerprint density at radius 2 is 2.04 bits per heavy atom. The Morgan fingerprint density at radius 1 is 1.26 bits per heavy atom. The Hall–Kier alpha value is -2.12. The van der Waals surface area contributed by atoms with E-state index in [1.807, 2.05) is 18.2 Å². The number of hydrogen-bond acceptors (Lipinski definition) is 3. The minimum absolute atomic E-state index is 0.0356. The number of nitrogens with two attached hydrogens (primary N) is 1. The molecule has 0 unspecified atom stereocenters. The molecule has 0 radical (unpaired) electrons. The lowest BCUT2D eigenvalue weighted by Gasteiger charge is -2.50. The summed E-state index contributed by atoms with van der Waals surface area (Å²) in [6.45, 7) is 3.44. The van der Waals surface area contributed by atoms with Crippen molar-refractivity contribution in [2.45, 2.75) is 31.8 Å². The number of rotatable bonds is 1. The van der Waals surface area contributed by atoms with Crippen LogP contribution in [0.1, 0.15) is 36.0 Å². The molecule has 3 aliphatic rings. The second-order valence-electron chi connectivity index (χ2n) is 8.42. The zero-order chi connectivity index (χ0) is 18.8. The van der Waals surface area contributed by atoms with Gasteiger partial charge in [-0.05, 0) is 36.6 Å². The van der Waals surface area contributed by atoms with E-state index in [1.165, 1.54) is 25.9 Å². The summed E-state index contributed by atoms with van der Waals surface area (Å²) in [6.07, 6.45) is 2.37. The van der Waals surface area contributed by atoms with Gasteiger partial charge in [0.05, 0.1) is 37.3 Å². The van der Waals surface area contributed by atoms with Crippen molar-refractivity contribution in [2.24, 2.45) is 5.41 Å². The van der Waals surface area contributed by atoms with E-state index in [-0.39, 0.29) is 6.03 Å². The van der Waals surface area contributed by atoms with Crippen molar-refractivity contribution in [1.82, 2.24) is 24.6 Å². The normalized spacial score (nSPS) is 20.3. The molecule has 1 aromatic heterocycles. The van der Waals surface area contributed by atoms with E-state index in [2.05, 4.69) is 20.1 Å². The van der Waals surface area contributed by atoms with Crippen LogP contribution in [-0.2, 0) is 13.1 Å². The summed E-state index contributed by atoms with van der Waals surface area (Å²) >= 11 is 6.27. The molecule has 3 heterocycles. The van der Waals surface area contributed by atoms with Crippen LogP contribution < -0.4 is 5.32 Å². The largest absolute Gasteiger partial charge is 0.345 e. The number of halogens is 1. The number of fused-ring (bicyclic) bond motifs is 3. The van der Waals surface area contributed by atoms with Crippen LogP contribution in [0.3, 0.4) is 0 Å². The van der Waals surface area contributed by atoms with Gasteiger partial charge in [-0.1, -0.05) is 11.6 Å². The van der Waals surface area contributed by atoms with Crippen molar-refractivity contribution in [3.63, 3.8) is 0 Å². The van der Waals surface area contributed by atoms with Crippen molar-refractivity contribution in [3.05, 3.63) is 40.4 Å². The molecule has 1 spiro atoms. The molecule has 0 atom stereocenters. The summed E-state index contributed by atoms with van der Waals surface area (Å²) in [7, 11) is 3.54. The summed E-state index contributed by atoms with van der Waals surface area (Å²) in [6, 6.07) is 5.85. The Balaban J connectivity index is 1.56. The van der Waals surface area contributed by atoms with Gasteiger partial charge in [0.25, 0.3) is 0 Å². The Labute approximate surface area is 163 Å². The molecule has 2 aromatic rings. The van der Waals surface area contributed by atoms with Crippen molar-refractivity contribution in [2.75, 3.05) is 27.2 Å². The number of carbonyl (C=O) groups is 1. The number of urea groups is 1. The molecule has 1 saturated carbocycles. The van der Waals surface area contributed by atoms with Crippen LogP contribution in [0, 0.1) is 5.41 Å². The third kappa shape index (κ3) is 2.63. The molecule has 2 amide bonds. The molecule has 2 aliphatic heterocycles. The minimum Gasteiger partial charge on any atom is -0.345 e. The number of amides is 2. The molecule has 1 aliphatic carbocycles. The highest BCUT2D eigenvalue weighted by Gasteiger charge is 2.54. The van der Waals surface area contributed by atoms with E-state index in [9.17, 15) is 4.79 Å². The highest BCUT2D eigenvalue weighted by molar-refractivity contribution is 6.30. The van der Waals surface area contributed by atoms with Gasteiger partial charge in [0.15, 0.2) is 5.82 Å². The van der Waals surface area contributed by atoms with Crippen molar-refractivity contribution >= 4 is 17.6 Å². The highest BCUT2D eigenvalue weighted by Crippen LogP contribution is 2.51. The van der Waals surface area contributed by atoms with Crippen LogP contribution in [-0.4, -0.2) is 57.8 Å². The summed E-state index contributed by atoms with van der Waals surface area (Å²) in [4.78, 5) is 16.1. The molecule has 2 fully saturated rings. The fraction of sp³-hybridized carbons (Fsp3) is 0.526. The first kappa shape index (κ1) is 17.0. The average Bonchev–Trinajstić information content (AvgIpc) is 2.87. The van der Waals surface area contributed by atoms with Gasteiger partial charge in [-0.15, -0.1) is 10.2 Å². The molecule has 0 bridgehead atoms. The lowest BCUT2D eigenvalue weighted by atomic mass is 9.58. The van der Waals surface area contributed by atoms with E-state index in [1.54, 1.807) is 23.9 Å². The first-order chi connectivity index (χ1) is 13.0. The van der Waals surface area contributed by atoms with E-state index in [4.69, 9.17) is 11.6 Å². The maximum Gasteiger partial charge on any atom is 0.320 e. The number of hydrogen-bond donors (Lipinski definition) is 1. The SMILES string of the molecule is CN(C)C(=O)N1Cc2cc(Cl)ccc2-n2c(nnc2C2CC3(C[NH2+]C3)C2)C1. The fourth-order valence-corrected chi connectivity index (χ4v) is 4.96. The summed E-state index contributed by atoms with van der Waals surface area (Å²) < 4.78 is 2.18. The zero-order valence-corrected chi connectivity index (χ0v) is 16.4. The predicted octanol–water partition coefficient (Wildman–Crippen LogP) is 1.36. The average molecular weight is 388 g/mol. The van der Waals surface area contributed by atoms with Gasteiger partial charge in [-0.3, -0.25) is 4.57 Å². The van der Waals surface area contributed by atoms with E-state index in [0.29, 0.717) is 29.4 Å². The maximum atomic E-state index is 12.7. The molecule has 142 valence electrons. The van der Waals surface area contributed by atoms with Crippen molar-refractivity contribution < 1.29 is 10.1 Å². The molecular weight excluding hydrogens is 364 g/mol. The predicted molar refractivity (Wildman–Crippen MR) is 101 cm³/mol. The maximum absolute atomic E-state index is 12.7. The molecule has 2 N–H and O–H groups in total. The molecule has 7 nitrogen and oxygen atoms in total. The molecule has 1 aromatic carbocycles. The lowest BCUT2D eigenvalue weighted by molar-refractivity contribution is -0.748. The summed E-state index contributed by atoms with van der Waals surface area (Å²) in [5, 5.41) is 12.1. The number of nitrogens with zero attached hydrogens (tertiary/aromatic N) is 5. The summed E-state index contributed by atoms with van der Waals surface area (Å²) in [5.74, 6) is 2.30. The van der Waals surface area contributed by atoms with Crippen LogP contribution in [0.15, 0.2) is 18.2 Å². The monoisotopic (exact) mass is 387 g/mol. The van der Waals surface area contributed by atoms with Gasteiger partial charge in [0.2, 0.25) is 0 Å². The van der Waals surface area contributed by atoms with Gasteiger partial charge < -0.3 is 15.1 Å². The van der Waals surface area contributed by atoms with E-state index in [0.717, 1.165) is 22.9 Å². The standard InChI is InChI=1S/C19H23ClN6O/c1-24(2)18(27)25-8-12-5-14(20)3-4-15(12)26-16(9-25)22-23-17(26)13-6-19(7-13)10-21-11-19/h3-5,13,21H,6-11H2,1-2H3/p+1. The molecule has 1 saturated heterocycles. The van der Waals surface area contributed by atoms with Crippen LogP contribution in [0.4, 0.5) is 4.79 Å². The number of carbonyl (C=O) groups excluding carboxylic acids is 1. The van der Waals surface area contributed by atoms with Crippen molar-refractivity contribution in [3.8, 4) is 5.69 Å². The van der Waals surface area contributed by atoms with Crippen LogP contribution in [0.5, 0.6) is 0 Å². The first-order valence-corrected chi connectivity index (χ1v) is 9.84. The number of benzene rings is 1. The van der Waals surface area contributed by atoms with Gasteiger partial charge >= 0.3 is 6.03 Å². The first-order valence-electron chi connectivity index (χ1n) is 9.47. The van der Waals surface area contributed by atoms with Gasteiger partial charge in [-0.2, -0.15) is 0 Å². The lowest BCUT2D eigenvalue weighted by Crippen LogP contribution is -3.01. The third-order valence-corrected chi connectivity index (χ3v) is 6.50. The summed E-state index contributed by atoms with van der Waals surface area (Å²) in [5.41, 5.74) is 2.60.